The van der Waals surface area contributed by atoms with E-state index < -0.39 is 0 Å². The van der Waals surface area contributed by atoms with Crippen LogP contribution in [-0.4, -0.2) is 29.5 Å². The first-order chi connectivity index (χ1) is 11.4. The number of aromatic nitrogens is 1. The molecule has 2 heterocycles. The summed E-state index contributed by atoms with van der Waals surface area (Å²) in [4.78, 5) is 15.3. The highest BCUT2D eigenvalue weighted by Crippen LogP contribution is 2.45. The number of nitrogens with zero attached hydrogens (tertiary/aromatic N) is 2. The van der Waals surface area contributed by atoms with Crippen molar-refractivity contribution in [3.05, 3.63) is 58.7 Å². The molecule has 0 amide bonds. The Labute approximate surface area is 142 Å². The molecule has 0 radical (unpaired) electrons. The first-order valence-corrected chi connectivity index (χ1v) is 8.38. The number of rotatable bonds is 2. The van der Waals surface area contributed by atoms with Gasteiger partial charge in [-0.2, -0.15) is 0 Å². The van der Waals surface area contributed by atoms with Crippen LogP contribution in [0.4, 0.5) is 0 Å². The Morgan fingerprint density at radius 2 is 1.67 bits per heavy atom. The predicted molar refractivity (Wildman–Crippen MR) is 98.7 cm³/mol. The minimum Gasteiger partial charge on any atom is -0.303 e. The van der Waals surface area contributed by atoms with Crippen LogP contribution in [0.3, 0.4) is 0 Å². The molecule has 1 aliphatic rings. The summed E-state index contributed by atoms with van der Waals surface area (Å²) in [5.74, 6) is 0.0940. The van der Waals surface area contributed by atoms with Crippen molar-refractivity contribution in [2.45, 2.75) is 26.8 Å². The molecule has 0 saturated heterocycles. The van der Waals surface area contributed by atoms with Crippen LogP contribution in [0.2, 0.25) is 0 Å². The molecule has 3 nitrogen and oxygen atoms in total. The Morgan fingerprint density at radius 3 is 2.33 bits per heavy atom. The molecule has 0 fully saturated rings. The second-order valence-corrected chi connectivity index (χ2v) is 6.99. The predicted octanol–water partition coefficient (Wildman–Crippen LogP) is 4.55. The molecule has 1 aromatic heterocycles. The van der Waals surface area contributed by atoms with Gasteiger partial charge in [0.25, 0.3) is 5.91 Å². The van der Waals surface area contributed by atoms with Gasteiger partial charge >= 0.3 is 0 Å². The van der Waals surface area contributed by atoms with Crippen molar-refractivity contribution >= 4 is 16.8 Å². The number of hydrogen-bond acceptors (Lipinski definition) is 2. The summed E-state index contributed by atoms with van der Waals surface area (Å²) in [6.07, 6.45) is 0. The Kier molecular flexibility index (Phi) is 3.19. The van der Waals surface area contributed by atoms with Gasteiger partial charge in [-0.1, -0.05) is 30.3 Å². The molecule has 122 valence electrons. The van der Waals surface area contributed by atoms with Gasteiger partial charge in [-0.25, -0.2) is 0 Å². The molecule has 0 N–H and O–H groups in total. The normalized spacial score (nSPS) is 14.3. The van der Waals surface area contributed by atoms with Gasteiger partial charge in [-0.05, 0) is 52.1 Å². The van der Waals surface area contributed by atoms with Gasteiger partial charge in [0, 0.05) is 28.1 Å². The summed E-state index contributed by atoms with van der Waals surface area (Å²) >= 11 is 0. The largest absolute Gasteiger partial charge is 0.303 e. The van der Waals surface area contributed by atoms with Gasteiger partial charge in [0.2, 0.25) is 0 Å². The van der Waals surface area contributed by atoms with Gasteiger partial charge in [0.05, 0.1) is 11.2 Å². The highest BCUT2D eigenvalue weighted by Gasteiger charge is 2.34. The van der Waals surface area contributed by atoms with Crippen LogP contribution in [0.5, 0.6) is 0 Å². The van der Waals surface area contributed by atoms with E-state index in [2.05, 4.69) is 58.0 Å². The van der Waals surface area contributed by atoms with Crippen LogP contribution in [0, 0.1) is 13.8 Å². The first kappa shape index (κ1) is 15.2. The van der Waals surface area contributed by atoms with Crippen molar-refractivity contribution in [2.75, 3.05) is 14.1 Å². The standard InChI is InChI=1S/C21H22N2O/c1-12-10-11-17-18(14(3)22(4)5)20-15-8-6-7-9-16(15)21(24)23(20)19(17)13(12)2/h6-11,14H,1-5H3. The third kappa shape index (κ3) is 1.79. The highest BCUT2D eigenvalue weighted by atomic mass is 16.2. The fraction of sp³-hybridized carbons (Fsp3) is 0.286. The molecule has 0 aliphatic carbocycles. The summed E-state index contributed by atoms with van der Waals surface area (Å²) in [6.45, 7) is 6.43. The molecule has 0 bridgehead atoms. The summed E-state index contributed by atoms with van der Waals surface area (Å²) < 4.78 is 1.94. The molecule has 24 heavy (non-hydrogen) atoms. The van der Waals surface area contributed by atoms with E-state index in [1.807, 2.05) is 22.8 Å². The minimum absolute atomic E-state index is 0.0940. The summed E-state index contributed by atoms with van der Waals surface area (Å²) in [7, 11) is 4.18. The van der Waals surface area contributed by atoms with Crippen molar-refractivity contribution in [2.24, 2.45) is 0 Å². The topological polar surface area (TPSA) is 25.2 Å². The quantitative estimate of drug-likeness (QED) is 0.542. The van der Waals surface area contributed by atoms with Crippen LogP contribution in [-0.2, 0) is 0 Å². The highest BCUT2D eigenvalue weighted by molar-refractivity contribution is 6.16. The molecule has 0 spiro atoms. The number of fused-ring (bicyclic) bond motifs is 5. The van der Waals surface area contributed by atoms with Crippen molar-refractivity contribution in [1.29, 1.82) is 0 Å². The van der Waals surface area contributed by atoms with Crippen molar-refractivity contribution < 1.29 is 4.79 Å². The van der Waals surface area contributed by atoms with E-state index in [0.717, 1.165) is 22.3 Å². The number of aryl methyl sites for hydroxylation is 2. The van der Waals surface area contributed by atoms with E-state index in [0.29, 0.717) is 0 Å². The van der Waals surface area contributed by atoms with E-state index in [4.69, 9.17) is 0 Å². The van der Waals surface area contributed by atoms with E-state index in [-0.39, 0.29) is 11.9 Å². The second-order valence-electron chi connectivity index (χ2n) is 6.99. The second kappa shape index (κ2) is 5.05. The molecule has 3 aromatic rings. The van der Waals surface area contributed by atoms with Gasteiger partial charge < -0.3 is 4.90 Å². The van der Waals surface area contributed by atoms with E-state index in [1.54, 1.807) is 0 Å². The van der Waals surface area contributed by atoms with E-state index >= 15 is 0 Å². The minimum atomic E-state index is 0.0940. The van der Waals surface area contributed by atoms with Crippen molar-refractivity contribution in [3.8, 4) is 11.3 Å². The average Bonchev–Trinajstić information content (AvgIpc) is 3.05. The zero-order chi connectivity index (χ0) is 17.2. The lowest BCUT2D eigenvalue weighted by Gasteiger charge is -2.21. The SMILES string of the molecule is Cc1ccc2c(C(C)N(C)C)c3n(c2c1C)C(=O)c1ccccc1-3. The van der Waals surface area contributed by atoms with Gasteiger partial charge in [-0.3, -0.25) is 9.36 Å². The number of carbonyl (C=O) groups excluding carboxylic acids is 1. The Hall–Kier alpha value is -2.39. The molecule has 3 heteroatoms. The van der Waals surface area contributed by atoms with E-state index in [9.17, 15) is 4.79 Å². The van der Waals surface area contributed by atoms with Crippen LogP contribution in [0.25, 0.3) is 22.2 Å². The maximum absolute atomic E-state index is 13.1. The lowest BCUT2D eigenvalue weighted by molar-refractivity contribution is 0.0973. The third-order valence-corrected chi connectivity index (χ3v) is 5.50. The zero-order valence-electron chi connectivity index (χ0n) is 14.8. The Bertz CT molecular complexity index is 995. The Balaban J connectivity index is 2.21. The molecule has 0 saturated carbocycles. The Morgan fingerprint density at radius 1 is 1.00 bits per heavy atom. The lowest BCUT2D eigenvalue weighted by atomic mass is 9.96. The molecule has 1 unspecified atom stereocenters. The monoisotopic (exact) mass is 318 g/mol. The average molecular weight is 318 g/mol. The smallest absolute Gasteiger partial charge is 0.263 e. The zero-order valence-corrected chi connectivity index (χ0v) is 14.8. The maximum atomic E-state index is 13.1. The molecule has 1 atom stereocenters. The van der Waals surface area contributed by atoms with Crippen LogP contribution in [0.15, 0.2) is 36.4 Å². The fourth-order valence-corrected chi connectivity index (χ4v) is 3.81. The fourth-order valence-electron chi connectivity index (χ4n) is 3.81. The van der Waals surface area contributed by atoms with E-state index in [1.165, 1.54) is 22.1 Å². The number of hydrogen-bond donors (Lipinski definition) is 0. The van der Waals surface area contributed by atoms with Gasteiger partial charge in [0.1, 0.15) is 0 Å². The molecular weight excluding hydrogens is 296 g/mol. The first-order valence-electron chi connectivity index (χ1n) is 8.38. The molecule has 4 rings (SSSR count). The van der Waals surface area contributed by atoms with Crippen molar-refractivity contribution in [1.82, 2.24) is 9.47 Å². The van der Waals surface area contributed by atoms with Crippen LogP contribution < -0.4 is 0 Å². The summed E-state index contributed by atoms with van der Waals surface area (Å²) in [6, 6.07) is 12.5. The summed E-state index contributed by atoms with van der Waals surface area (Å²) in [5.41, 5.74) is 7.65. The van der Waals surface area contributed by atoms with Gasteiger partial charge in [-0.15, -0.1) is 0 Å². The third-order valence-electron chi connectivity index (χ3n) is 5.50. The van der Waals surface area contributed by atoms with Crippen molar-refractivity contribution in [3.63, 3.8) is 0 Å². The maximum Gasteiger partial charge on any atom is 0.263 e. The molecule has 1 aliphatic heterocycles. The van der Waals surface area contributed by atoms with Crippen LogP contribution in [0.1, 0.15) is 40.0 Å². The molecular formula is C21H22N2O. The number of carbonyl (C=O) groups is 1. The summed E-state index contributed by atoms with van der Waals surface area (Å²) in [5, 5.41) is 1.19. The van der Waals surface area contributed by atoms with Crippen LogP contribution >= 0.6 is 0 Å². The van der Waals surface area contributed by atoms with Gasteiger partial charge in [0.15, 0.2) is 0 Å². The lowest BCUT2D eigenvalue weighted by Crippen LogP contribution is -2.17. The molecule has 2 aromatic carbocycles. The number of benzene rings is 2.